The first-order chi connectivity index (χ1) is 14.5. The molecule has 1 aromatic heterocycles. The molecule has 1 atom stereocenters. The van der Waals surface area contributed by atoms with Gasteiger partial charge in [-0.25, -0.2) is 4.98 Å². The van der Waals surface area contributed by atoms with Crippen LogP contribution in [0, 0.1) is 13.8 Å². The number of anilines is 1. The summed E-state index contributed by atoms with van der Waals surface area (Å²) in [4.78, 5) is 8.60. The Balaban J connectivity index is 2.04. The van der Waals surface area contributed by atoms with E-state index in [9.17, 15) is 0 Å². The summed E-state index contributed by atoms with van der Waals surface area (Å²) in [6.45, 7) is 7.87. The number of nitrogens with zero attached hydrogens (tertiary/aromatic N) is 2. The van der Waals surface area contributed by atoms with Gasteiger partial charge in [-0.2, -0.15) is 0 Å². The number of thiazole rings is 1. The lowest BCUT2D eigenvalue weighted by Crippen LogP contribution is -2.32. The maximum atomic E-state index is 6.42. The van der Waals surface area contributed by atoms with Crippen LogP contribution in [0.25, 0.3) is 11.3 Å². The van der Waals surface area contributed by atoms with E-state index in [1.54, 1.807) is 25.6 Å². The van der Waals surface area contributed by atoms with Gasteiger partial charge in [-0.15, -0.1) is 11.3 Å². The summed E-state index contributed by atoms with van der Waals surface area (Å²) >= 11 is 8.13. The van der Waals surface area contributed by atoms with E-state index in [1.165, 1.54) is 10.4 Å². The van der Waals surface area contributed by atoms with Gasteiger partial charge in [0.15, 0.2) is 5.13 Å². The van der Waals surface area contributed by atoms with Crippen molar-refractivity contribution in [1.82, 2.24) is 4.98 Å². The summed E-state index contributed by atoms with van der Waals surface area (Å²) in [6, 6.07) is 14.5. The smallest absolute Gasteiger partial charge is 0.186 e. The van der Waals surface area contributed by atoms with Gasteiger partial charge in [0, 0.05) is 24.1 Å². The standard InChI is InChI=1S/C24H29ClN2O2S/c1-6-12-27(21(15-28-4)18-10-8-7-9-11-18)24-26-23(17(3)30-24)19-14-20(25)22(29-5)13-16(19)2/h7-11,13-14,21H,6,12,15H2,1-5H3. The highest BCUT2D eigenvalue weighted by atomic mass is 35.5. The predicted molar refractivity (Wildman–Crippen MR) is 127 cm³/mol. The second-order valence-corrected chi connectivity index (χ2v) is 8.87. The van der Waals surface area contributed by atoms with E-state index in [-0.39, 0.29) is 6.04 Å². The summed E-state index contributed by atoms with van der Waals surface area (Å²) < 4.78 is 11.0. The molecule has 0 spiro atoms. The first-order valence-electron chi connectivity index (χ1n) is 10.1. The third kappa shape index (κ3) is 4.80. The molecule has 0 radical (unpaired) electrons. The second-order valence-electron chi connectivity index (χ2n) is 7.28. The van der Waals surface area contributed by atoms with E-state index in [1.807, 2.05) is 18.2 Å². The highest BCUT2D eigenvalue weighted by Crippen LogP contribution is 2.40. The molecule has 4 nitrogen and oxygen atoms in total. The largest absolute Gasteiger partial charge is 0.495 e. The monoisotopic (exact) mass is 444 g/mol. The lowest BCUT2D eigenvalue weighted by Gasteiger charge is -2.31. The van der Waals surface area contributed by atoms with Crippen molar-refractivity contribution >= 4 is 28.1 Å². The van der Waals surface area contributed by atoms with E-state index in [2.05, 4.69) is 49.9 Å². The molecule has 0 aliphatic rings. The van der Waals surface area contributed by atoms with E-state index in [4.69, 9.17) is 26.1 Å². The van der Waals surface area contributed by atoms with Crippen LogP contribution in [0.1, 0.15) is 35.4 Å². The molecular formula is C24H29ClN2O2S. The number of benzene rings is 2. The molecule has 2 aromatic carbocycles. The van der Waals surface area contributed by atoms with Gasteiger partial charge in [0.2, 0.25) is 0 Å². The van der Waals surface area contributed by atoms with Gasteiger partial charge in [0.1, 0.15) is 5.75 Å². The third-order valence-corrected chi connectivity index (χ3v) is 6.44. The predicted octanol–water partition coefficient (Wildman–Crippen LogP) is 6.69. The average Bonchev–Trinajstić information content (AvgIpc) is 3.13. The van der Waals surface area contributed by atoms with Crippen LogP contribution in [0.5, 0.6) is 5.75 Å². The minimum absolute atomic E-state index is 0.107. The minimum Gasteiger partial charge on any atom is -0.495 e. The Morgan fingerprint density at radius 3 is 2.50 bits per heavy atom. The van der Waals surface area contributed by atoms with Crippen molar-refractivity contribution in [3.05, 3.63) is 63.5 Å². The Labute approximate surface area is 188 Å². The zero-order valence-electron chi connectivity index (χ0n) is 18.2. The molecule has 3 rings (SSSR count). The fourth-order valence-corrected chi connectivity index (χ4v) is 4.89. The SMILES string of the molecule is CCCN(c1nc(-c2cc(Cl)c(OC)cc2C)c(C)s1)C(COC)c1ccccc1. The van der Waals surface area contributed by atoms with Crippen LogP contribution in [0.3, 0.4) is 0 Å². The number of hydrogen-bond acceptors (Lipinski definition) is 5. The topological polar surface area (TPSA) is 34.6 Å². The molecule has 0 amide bonds. The summed E-state index contributed by atoms with van der Waals surface area (Å²) in [5, 5.41) is 1.60. The van der Waals surface area contributed by atoms with Crippen LogP contribution in [0.15, 0.2) is 42.5 Å². The van der Waals surface area contributed by atoms with E-state index in [0.29, 0.717) is 17.4 Å². The van der Waals surface area contributed by atoms with E-state index >= 15 is 0 Å². The minimum atomic E-state index is 0.107. The van der Waals surface area contributed by atoms with Crippen molar-refractivity contribution < 1.29 is 9.47 Å². The number of halogens is 1. The van der Waals surface area contributed by atoms with Gasteiger partial charge < -0.3 is 14.4 Å². The summed E-state index contributed by atoms with van der Waals surface area (Å²) in [5.41, 5.74) is 4.34. The zero-order chi connectivity index (χ0) is 21.7. The van der Waals surface area contributed by atoms with Crippen LogP contribution < -0.4 is 9.64 Å². The van der Waals surface area contributed by atoms with Crippen molar-refractivity contribution in [1.29, 1.82) is 0 Å². The Morgan fingerprint density at radius 2 is 1.87 bits per heavy atom. The number of aromatic nitrogens is 1. The van der Waals surface area contributed by atoms with Crippen LogP contribution in [0.2, 0.25) is 5.02 Å². The van der Waals surface area contributed by atoms with Gasteiger partial charge in [-0.05, 0) is 43.5 Å². The Morgan fingerprint density at radius 1 is 1.13 bits per heavy atom. The first-order valence-corrected chi connectivity index (χ1v) is 11.3. The Bertz CT molecular complexity index is 975. The van der Waals surface area contributed by atoms with Crippen LogP contribution in [0.4, 0.5) is 5.13 Å². The highest BCUT2D eigenvalue weighted by Gasteiger charge is 2.25. The molecule has 160 valence electrons. The van der Waals surface area contributed by atoms with Gasteiger partial charge in [0.05, 0.1) is 30.5 Å². The number of aryl methyl sites for hydroxylation is 2. The maximum absolute atomic E-state index is 6.42. The van der Waals surface area contributed by atoms with Crippen molar-refractivity contribution in [3.63, 3.8) is 0 Å². The third-order valence-electron chi connectivity index (χ3n) is 5.13. The van der Waals surface area contributed by atoms with Crippen molar-refractivity contribution in [2.75, 3.05) is 32.3 Å². The Kier molecular flexibility index (Phi) is 7.75. The van der Waals surface area contributed by atoms with Gasteiger partial charge in [-0.3, -0.25) is 0 Å². The van der Waals surface area contributed by atoms with Crippen LogP contribution in [-0.2, 0) is 4.74 Å². The van der Waals surface area contributed by atoms with Crippen LogP contribution in [-0.4, -0.2) is 32.4 Å². The number of ether oxygens (including phenoxy) is 2. The number of methoxy groups -OCH3 is 2. The van der Waals surface area contributed by atoms with E-state index in [0.717, 1.165) is 34.9 Å². The first kappa shape index (κ1) is 22.6. The molecule has 0 N–H and O–H groups in total. The number of rotatable bonds is 9. The molecule has 1 unspecified atom stereocenters. The molecule has 0 saturated heterocycles. The molecule has 0 fully saturated rings. The van der Waals surface area contributed by atoms with Crippen molar-refractivity contribution in [2.45, 2.75) is 33.2 Å². The van der Waals surface area contributed by atoms with E-state index < -0.39 is 0 Å². The lowest BCUT2D eigenvalue weighted by molar-refractivity contribution is 0.177. The van der Waals surface area contributed by atoms with Gasteiger partial charge in [0.25, 0.3) is 0 Å². The fourth-order valence-electron chi connectivity index (χ4n) is 3.65. The van der Waals surface area contributed by atoms with Gasteiger partial charge in [-0.1, -0.05) is 48.9 Å². The summed E-state index contributed by atoms with van der Waals surface area (Å²) in [6.07, 6.45) is 1.02. The van der Waals surface area contributed by atoms with Crippen molar-refractivity contribution in [2.24, 2.45) is 0 Å². The lowest BCUT2D eigenvalue weighted by atomic mass is 10.0. The molecule has 30 heavy (non-hydrogen) atoms. The molecule has 0 aliphatic heterocycles. The quantitative estimate of drug-likeness (QED) is 0.368. The summed E-state index contributed by atoms with van der Waals surface area (Å²) in [5.74, 6) is 0.683. The molecule has 3 aromatic rings. The molecule has 0 bridgehead atoms. The second kappa shape index (κ2) is 10.3. The highest BCUT2D eigenvalue weighted by molar-refractivity contribution is 7.16. The maximum Gasteiger partial charge on any atom is 0.186 e. The average molecular weight is 445 g/mol. The van der Waals surface area contributed by atoms with Crippen LogP contribution >= 0.6 is 22.9 Å². The fraction of sp³-hybridized carbons (Fsp3) is 0.375. The van der Waals surface area contributed by atoms with Gasteiger partial charge >= 0.3 is 0 Å². The normalized spacial score (nSPS) is 12.1. The molecule has 0 saturated carbocycles. The molecule has 1 heterocycles. The number of hydrogen-bond donors (Lipinski definition) is 0. The molecule has 6 heteroatoms. The molecular weight excluding hydrogens is 416 g/mol. The zero-order valence-corrected chi connectivity index (χ0v) is 19.8. The summed E-state index contributed by atoms with van der Waals surface area (Å²) in [7, 11) is 3.38. The Hall–Kier alpha value is -2.08. The van der Waals surface area contributed by atoms with Crippen molar-refractivity contribution in [3.8, 4) is 17.0 Å². The molecule has 0 aliphatic carbocycles.